The summed E-state index contributed by atoms with van der Waals surface area (Å²) in [6.45, 7) is 17.4. The third-order valence-corrected chi connectivity index (χ3v) is 6.06. The first-order valence-corrected chi connectivity index (χ1v) is 11.2. The number of rotatable bonds is 4. The lowest BCUT2D eigenvalue weighted by atomic mass is 9.87. The van der Waals surface area contributed by atoms with E-state index in [4.69, 9.17) is 11.7 Å². The lowest BCUT2D eigenvalue weighted by molar-refractivity contribution is 0.590. The van der Waals surface area contributed by atoms with Gasteiger partial charge in [-0.15, -0.1) is 0 Å². The van der Waals surface area contributed by atoms with Crippen LogP contribution >= 0.6 is 0 Å². The number of hydrazine groups is 2. The summed E-state index contributed by atoms with van der Waals surface area (Å²) < 4.78 is 0. The highest BCUT2D eigenvalue weighted by molar-refractivity contribution is 5.75. The van der Waals surface area contributed by atoms with Crippen molar-refractivity contribution in [1.29, 1.82) is 0 Å². The third kappa shape index (κ3) is 4.98. The molecule has 3 aromatic carbocycles. The topological polar surface area (TPSA) is 58.5 Å². The number of nitrogens with zero attached hydrogens (tertiary/aromatic N) is 2. The van der Waals surface area contributed by atoms with Crippen molar-refractivity contribution >= 4 is 22.7 Å². The van der Waals surface area contributed by atoms with Gasteiger partial charge in [-0.2, -0.15) is 0 Å². The van der Waals surface area contributed by atoms with Crippen LogP contribution < -0.4 is 21.7 Å². The minimum atomic E-state index is 0.105. The van der Waals surface area contributed by atoms with Gasteiger partial charge in [-0.1, -0.05) is 71.9 Å². The van der Waals surface area contributed by atoms with Crippen LogP contribution in [0.3, 0.4) is 0 Å². The normalized spacial score (nSPS) is 12.1. The highest BCUT2D eigenvalue weighted by Crippen LogP contribution is 2.35. The van der Waals surface area contributed by atoms with Crippen molar-refractivity contribution in [2.75, 3.05) is 10.0 Å². The molecule has 0 atom stereocenters. The van der Waals surface area contributed by atoms with E-state index in [0.29, 0.717) is 0 Å². The molecule has 0 radical (unpaired) electrons. The van der Waals surface area contributed by atoms with Gasteiger partial charge < -0.3 is 0 Å². The summed E-state index contributed by atoms with van der Waals surface area (Å²) in [7, 11) is 0. The fourth-order valence-corrected chi connectivity index (χ4v) is 3.87. The number of hydrogen-bond donors (Lipinski definition) is 2. The van der Waals surface area contributed by atoms with Crippen LogP contribution in [0.5, 0.6) is 0 Å². The van der Waals surface area contributed by atoms with Crippen LogP contribution in [-0.2, 0) is 10.8 Å². The van der Waals surface area contributed by atoms with Crippen molar-refractivity contribution in [1.82, 2.24) is 0 Å². The number of benzene rings is 3. The zero-order valence-corrected chi connectivity index (χ0v) is 20.8. The maximum atomic E-state index is 6.58. The molecule has 3 rings (SSSR count). The average Bonchev–Trinajstić information content (AvgIpc) is 2.72. The zero-order valence-electron chi connectivity index (χ0n) is 20.8. The average molecular weight is 431 g/mol. The summed E-state index contributed by atoms with van der Waals surface area (Å²) in [6.07, 6.45) is 0. The predicted molar refractivity (Wildman–Crippen MR) is 139 cm³/mol. The van der Waals surface area contributed by atoms with Gasteiger partial charge in [-0.3, -0.25) is 10.0 Å². The molecule has 0 fully saturated rings. The highest BCUT2D eigenvalue weighted by atomic mass is 15.4. The smallest absolute Gasteiger partial charge is 0.0625 e. The summed E-state index contributed by atoms with van der Waals surface area (Å²) in [6, 6.07) is 21.1. The van der Waals surface area contributed by atoms with Gasteiger partial charge in [-0.25, -0.2) is 11.7 Å². The lowest BCUT2D eigenvalue weighted by Gasteiger charge is -2.27. The second-order valence-corrected chi connectivity index (χ2v) is 10.8. The van der Waals surface area contributed by atoms with Gasteiger partial charge >= 0.3 is 0 Å². The van der Waals surface area contributed by atoms with Crippen LogP contribution in [-0.4, -0.2) is 0 Å². The Bertz CT molecular complexity index is 984. The molecule has 0 aliphatic heterocycles. The van der Waals surface area contributed by atoms with Gasteiger partial charge in [0.1, 0.15) is 0 Å². The number of anilines is 4. The minimum absolute atomic E-state index is 0.105. The fourth-order valence-electron chi connectivity index (χ4n) is 3.87. The molecular formula is C28H38N4. The summed E-state index contributed by atoms with van der Waals surface area (Å²) in [4.78, 5) is 0. The summed E-state index contributed by atoms with van der Waals surface area (Å²) in [5, 5.41) is 3.47. The van der Waals surface area contributed by atoms with Gasteiger partial charge in [0.25, 0.3) is 0 Å². The van der Waals surface area contributed by atoms with Crippen molar-refractivity contribution in [3.63, 3.8) is 0 Å². The molecule has 0 spiro atoms. The van der Waals surface area contributed by atoms with E-state index < -0.39 is 0 Å². The maximum Gasteiger partial charge on any atom is 0.0625 e. The Balaban J connectivity index is 1.95. The molecule has 4 N–H and O–H groups in total. The standard InChI is InChI=1S/C28H38N4/c1-19-17-20(2)26(32(30)24-15-11-22(12-16-24)28(6,7)8)18-25(19)31(29)23-13-9-21(10-14-23)27(3,4)5/h9-18H,29-30H2,1-8H3. The van der Waals surface area contributed by atoms with Crippen LogP contribution in [0, 0.1) is 13.8 Å². The van der Waals surface area contributed by atoms with Crippen LogP contribution in [0.2, 0.25) is 0 Å². The number of hydrogen-bond acceptors (Lipinski definition) is 4. The second kappa shape index (κ2) is 8.61. The molecule has 0 aliphatic carbocycles. The molecule has 3 aromatic rings. The molecule has 0 amide bonds. The fraction of sp³-hybridized carbons (Fsp3) is 0.357. The first-order valence-electron chi connectivity index (χ1n) is 11.2. The van der Waals surface area contributed by atoms with E-state index in [0.717, 1.165) is 33.9 Å². The Kier molecular flexibility index (Phi) is 6.41. The highest BCUT2D eigenvalue weighted by Gasteiger charge is 2.18. The molecule has 4 heteroatoms. The number of aryl methyl sites for hydroxylation is 2. The number of nitrogens with two attached hydrogens (primary N) is 2. The quantitative estimate of drug-likeness (QED) is 0.348. The van der Waals surface area contributed by atoms with Gasteiger partial charge in [0, 0.05) is 0 Å². The first-order chi connectivity index (χ1) is 14.8. The Morgan fingerprint density at radius 2 is 0.844 bits per heavy atom. The van der Waals surface area contributed by atoms with Crippen molar-refractivity contribution < 1.29 is 0 Å². The first kappa shape index (κ1) is 23.8. The molecule has 0 heterocycles. The van der Waals surface area contributed by atoms with Gasteiger partial charge in [0.05, 0.1) is 22.7 Å². The molecule has 170 valence electrons. The molecule has 32 heavy (non-hydrogen) atoms. The molecule has 4 nitrogen and oxygen atoms in total. The van der Waals surface area contributed by atoms with E-state index in [-0.39, 0.29) is 10.8 Å². The Labute approximate surface area is 193 Å². The van der Waals surface area contributed by atoms with Crippen molar-refractivity contribution in [3.05, 3.63) is 82.9 Å². The minimum Gasteiger partial charge on any atom is -0.279 e. The molecule has 0 unspecified atom stereocenters. The largest absolute Gasteiger partial charge is 0.279 e. The van der Waals surface area contributed by atoms with Gasteiger partial charge in [0.2, 0.25) is 0 Å². The Morgan fingerprint density at radius 3 is 1.12 bits per heavy atom. The Hall–Kier alpha value is -2.82. The second-order valence-electron chi connectivity index (χ2n) is 10.8. The van der Waals surface area contributed by atoms with E-state index in [1.54, 1.807) is 10.0 Å². The lowest BCUT2D eigenvalue weighted by Crippen LogP contribution is -2.29. The van der Waals surface area contributed by atoms with E-state index in [2.05, 4.69) is 116 Å². The van der Waals surface area contributed by atoms with Crippen LogP contribution in [0.15, 0.2) is 60.7 Å². The van der Waals surface area contributed by atoms with E-state index >= 15 is 0 Å². The van der Waals surface area contributed by atoms with Crippen molar-refractivity contribution in [3.8, 4) is 0 Å². The monoisotopic (exact) mass is 430 g/mol. The van der Waals surface area contributed by atoms with Crippen LogP contribution in [0.25, 0.3) is 0 Å². The van der Waals surface area contributed by atoms with E-state index in [1.165, 1.54) is 11.1 Å². The summed E-state index contributed by atoms with van der Waals surface area (Å²) in [5.41, 5.74) is 8.71. The maximum absolute atomic E-state index is 6.58. The van der Waals surface area contributed by atoms with Gasteiger partial charge in [-0.05, 0) is 77.3 Å². The van der Waals surface area contributed by atoms with Crippen molar-refractivity contribution in [2.45, 2.75) is 66.2 Å². The third-order valence-electron chi connectivity index (χ3n) is 6.06. The molecule has 0 bridgehead atoms. The SMILES string of the molecule is Cc1cc(C)c(N(N)c2ccc(C(C)(C)C)cc2)cc1N(N)c1ccc(C(C)(C)C)cc1. The molecule has 0 aliphatic rings. The molecule has 0 aromatic heterocycles. The van der Waals surface area contributed by atoms with E-state index in [9.17, 15) is 0 Å². The molecular weight excluding hydrogens is 392 g/mol. The van der Waals surface area contributed by atoms with Gasteiger partial charge in [0.15, 0.2) is 0 Å². The Morgan fingerprint density at radius 1 is 0.531 bits per heavy atom. The van der Waals surface area contributed by atoms with Crippen LogP contribution in [0.1, 0.15) is 63.8 Å². The van der Waals surface area contributed by atoms with Crippen molar-refractivity contribution in [2.24, 2.45) is 11.7 Å². The summed E-state index contributed by atoms with van der Waals surface area (Å²) in [5.74, 6) is 13.2. The van der Waals surface area contributed by atoms with Crippen LogP contribution in [0.4, 0.5) is 22.7 Å². The molecule has 0 saturated carbocycles. The summed E-state index contributed by atoms with van der Waals surface area (Å²) >= 11 is 0. The van der Waals surface area contributed by atoms with E-state index in [1.807, 2.05) is 0 Å². The molecule has 0 saturated heterocycles. The zero-order chi connectivity index (χ0) is 23.8. The predicted octanol–water partition coefficient (Wildman–Crippen LogP) is 6.92.